The van der Waals surface area contributed by atoms with Crippen molar-refractivity contribution in [2.75, 3.05) is 13.7 Å². The molecule has 3 N–H and O–H groups in total. The summed E-state index contributed by atoms with van der Waals surface area (Å²) in [5.74, 6) is -2.88. The van der Waals surface area contributed by atoms with Crippen LogP contribution in [0.15, 0.2) is 30.3 Å². The van der Waals surface area contributed by atoms with E-state index in [4.69, 9.17) is 20.4 Å². The number of carbonyl (C=O) groups excluding carboxylic acids is 2. The number of rotatable bonds is 3. The number of piperidine rings is 1. The quantitative estimate of drug-likeness (QED) is 0.314. The van der Waals surface area contributed by atoms with E-state index in [2.05, 4.69) is 5.32 Å². The predicted molar refractivity (Wildman–Crippen MR) is 173 cm³/mol. The number of benzene rings is 1. The molecule has 5 heterocycles. The summed E-state index contributed by atoms with van der Waals surface area (Å²) < 4.78 is 55.6. The van der Waals surface area contributed by atoms with Crippen LogP contribution in [-0.4, -0.2) is 73.6 Å². The summed E-state index contributed by atoms with van der Waals surface area (Å²) in [6.45, 7) is 1.53. The van der Waals surface area contributed by atoms with Gasteiger partial charge in [-0.1, -0.05) is 0 Å². The number of aryl methyl sites for hydroxylation is 1. The van der Waals surface area contributed by atoms with Crippen molar-refractivity contribution in [3.8, 4) is 17.3 Å². The number of amides is 2. The van der Waals surface area contributed by atoms with Crippen molar-refractivity contribution < 1.29 is 27.5 Å². The Morgan fingerprint density at radius 2 is 1.96 bits per heavy atom. The highest BCUT2D eigenvalue weighted by Gasteiger charge is 2.49. The van der Waals surface area contributed by atoms with Gasteiger partial charge in [0.05, 0.1) is 42.6 Å². The first-order valence-electron chi connectivity index (χ1n) is 16.9. The fourth-order valence-electron chi connectivity index (χ4n) is 8.40. The summed E-state index contributed by atoms with van der Waals surface area (Å²) in [7, 11) is 3.27. The molecule has 4 aromatic rings. The number of hydrogen-bond acceptors (Lipinski definition) is 6. The molecule has 254 valence electrons. The zero-order valence-corrected chi connectivity index (χ0v) is 27.3. The molecule has 7 atom stereocenters. The third-order valence-corrected chi connectivity index (χ3v) is 11.2. The average molecular weight is 664 g/mol. The number of imidazole rings is 1. The molecule has 2 aliphatic carbocycles. The molecule has 3 aromatic heterocycles. The Bertz CT molecular complexity index is 1960. The van der Waals surface area contributed by atoms with Crippen molar-refractivity contribution >= 4 is 33.9 Å². The zero-order valence-electron chi connectivity index (χ0n) is 27.3. The highest BCUT2D eigenvalue weighted by molar-refractivity contribution is 6.00. The predicted octanol–water partition coefficient (Wildman–Crippen LogP) is 5.13. The summed E-state index contributed by atoms with van der Waals surface area (Å²) in [5.41, 5.74) is 8.97. The van der Waals surface area contributed by atoms with E-state index in [-0.39, 0.29) is 42.5 Å². The van der Waals surface area contributed by atoms with Crippen LogP contribution in [0.1, 0.15) is 67.5 Å². The van der Waals surface area contributed by atoms with Crippen LogP contribution in [0.2, 0.25) is 0 Å². The molecular weight excluding hydrogens is 623 g/mol. The van der Waals surface area contributed by atoms with Crippen LogP contribution in [0.5, 0.6) is 5.75 Å². The molecule has 2 aliphatic heterocycles. The Kier molecular flexibility index (Phi) is 7.28. The van der Waals surface area contributed by atoms with Crippen LogP contribution in [0.25, 0.3) is 33.6 Å². The molecule has 2 amide bonds. The monoisotopic (exact) mass is 663 g/mol. The van der Waals surface area contributed by atoms with Crippen LogP contribution in [-0.2, 0) is 18.4 Å². The van der Waals surface area contributed by atoms with E-state index in [0.717, 1.165) is 6.42 Å². The Morgan fingerprint density at radius 3 is 2.75 bits per heavy atom. The Labute approximate surface area is 275 Å². The minimum absolute atomic E-state index is 0.0548. The standard InChI is InChI=1S/C35H40F3N7O3/c1-17-24-8-6-19-13-27(45(31(19)41-24)16-35(37,38)10-4-5-18-11-22(18)33(46)40-17)32-42-25-12-20(14-28(48-3)30(25)43(32)2)34(47)44-15-23(39)21-7-9-26(44)29(21)36/h6,8,12-14,17-18,21-23,26,29H,4-5,7,9-11,15-16,39H2,1-3H3,(H,40,46)/t17-,18-,21+,22-,23+,26+,29+/m1/s1. The van der Waals surface area contributed by atoms with Gasteiger partial charge in [0.15, 0.2) is 5.82 Å². The van der Waals surface area contributed by atoms with Gasteiger partial charge in [0, 0.05) is 48.8 Å². The lowest BCUT2D eigenvalue weighted by Crippen LogP contribution is -2.57. The second-order valence-electron chi connectivity index (χ2n) is 14.3. The van der Waals surface area contributed by atoms with Gasteiger partial charge in [-0.05, 0) is 75.3 Å². The summed E-state index contributed by atoms with van der Waals surface area (Å²) in [6, 6.07) is 7.36. The van der Waals surface area contributed by atoms with E-state index in [1.165, 1.54) is 11.7 Å². The Balaban J connectivity index is 1.22. The SMILES string of the molecule is COc1cc(C(=O)N2C[C@H](N)[C@@H]3CC[C@H]2[C@H]3F)cc2nc(-c3cc4ccc5nc4n3CC(F)(F)CCC[C@@H]3C[C@H]3C(=O)N[C@@H]5C)n(C)c12. The molecule has 10 nitrogen and oxygen atoms in total. The number of methoxy groups -OCH3 is 1. The minimum atomic E-state index is -3.04. The Morgan fingerprint density at radius 1 is 1.15 bits per heavy atom. The average Bonchev–Trinajstić information content (AvgIpc) is 3.52. The van der Waals surface area contributed by atoms with E-state index in [0.29, 0.717) is 76.3 Å². The van der Waals surface area contributed by atoms with Crippen LogP contribution >= 0.6 is 0 Å². The van der Waals surface area contributed by atoms with E-state index in [1.54, 1.807) is 34.7 Å². The minimum Gasteiger partial charge on any atom is -0.494 e. The summed E-state index contributed by atoms with van der Waals surface area (Å²) in [5, 5.41) is 3.72. The number of pyridine rings is 1. The van der Waals surface area contributed by atoms with Crippen LogP contribution < -0.4 is 15.8 Å². The molecule has 0 radical (unpaired) electrons. The van der Waals surface area contributed by atoms with Crippen molar-refractivity contribution in [1.82, 2.24) is 29.3 Å². The molecule has 4 aliphatic rings. The fraction of sp³-hybridized carbons (Fsp3) is 0.543. The highest BCUT2D eigenvalue weighted by atomic mass is 19.3. The van der Waals surface area contributed by atoms with Crippen LogP contribution in [0.4, 0.5) is 13.2 Å². The number of nitrogens with zero attached hydrogens (tertiary/aromatic N) is 5. The lowest BCUT2D eigenvalue weighted by atomic mass is 9.92. The van der Waals surface area contributed by atoms with Gasteiger partial charge in [0.25, 0.3) is 11.8 Å². The molecule has 13 heteroatoms. The molecule has 1 aromatic carbocycles. The number of likely N-dealkylation sites (tertiary alicyclic amines) is 1. The molecule has 3 fully saturated rings. The Hall–Kier alpha value is -4.13. The topological polar surface area (TPSA) is 120 Å². The number of nitrogens with one attached hydrogen (secondary N) is 1. The first-order valence-corrected chi connectivity index (χ1v) is 16.9. The van der Waals surface area contributed by atoms with Crippen molar-refractivity contribution in [3.63, 3.8) is 0 Å². The number of alkyl halides is 3. The van der Waals surface area contributed by atoms with Gasteiger partial charge in [-0.2, -0.15) is 0 Å². The largest absolute Gasteiger partial charge is 0.494 e. The van der Waals surface area contributed by atoms with Gasteiger partial charge < -0.3 is 29.8 Å². The van der Waals surface area contributed by atoms with Gasteiger partial charge in [0.2, 0.25) is 5.91 Å². The van der Waals surface area contributed by atoms with Gasteiger partial charge in [-0.15, -0.1) is 0 Å². The lowest BCUT2D eigenvalue weighted by molar-refractivity contribution is -0.123. The van der Waals surface area contributed by atoms with Gasteiger partial charge in [-0.25, -0.2) is 23.1 Å². The molecule has 2 saturated carbocycles. The summed E-state index contributed by atoms with van der Waals surface area (Å²) >= 11 is 0. The fourth-order valence-corrected chi connectivity index (χ4v) is 8.40. The van der Waals surface area contributed by atoms with E-state index in [1.807, 2.05) is 19.1 Å². The van der Waals surface area contributed by atoms with Gasteiger partial charge in [-0.3, -0.25) is 9.59 Å². The second-order valence-corrected chi connectivity index (χ2v) is 14.3. The molecule has 1 saturated heterocycles. The van der Waals surface area contributed by atoms with Gasteiger partial charge in [0.1, 0.15) is 23.1 Å². The molecule has 4 bridgehead atoms. The number of carbonyl (C=O) groups is 2. The van der Waals surface area contributed by atoms with Crippen LogP contribution in [0.3, 0.4) is 0 Å². The number of ether oxygens (including phenoxy) is 1. The molecule has 0 spiro atoms. The molecule has 0 unspecified atom stereocenters. The highest BCUT2D eigenvalue weighted by Crippen LogP contribution is 2.44. The smallest absolute Gasteiger partial charge is 0.265 e. The van der Waals surface area contributed by atoms with Gasteiger partial charge >= 0.3 is 0 Å². The number of halogens is 3. The van der Waals surface area contributed by atoms with Crippen molar-refractivity contribution in [2.24, 2.45) is 30.5 Å². The zero-order chi connectivity index (χ0) is 33.6. The second kappa shape index (κ2) is 11.2. The maximum Gasteiger partial charge on any atom is 0.265 e. The maximum absolute atomic E-state index is 15.7. The third kappa shape index (κ3) is 5.03. The maximum atomic E-state index is 15.7. The first-order chi connectivity index (χ1) is 22.9. The van der Waals surface area contributed by atoms with Crippen molar-refractivity contribution in [2.45, 2.75) is 82.2 Å². The number of fused-ring (bicyclic) bond motifs is 5. The van der Waals surface area contributed by atoms with Crippen LogP contribution in [0, 0.1) is 17.8 Å². The molecular formula is C35H40F3N7O3. The third-order valence-electron chi connectivity index (χ3n) is 11.2. The van der Waals surface area contributed by atoms with E-state index < -0.39 is 36.8 Å². The lowest BCUT2D eigenvalue weighted by Gasteiger charge is -2.39. The summed E-state index contributed by atoms with van der Waals surface area (Å²) in [6.07, 6.45) is 1.38. The van der Waals surface area contributed by atoms with Crippen molar-refractivity contribution in [3.05, 3.63) is 41.6 Å². The van der Waals surface area contributed by atoms with E-state index >= 15 is 13.2 Å². The number of nitrogens with two attached hydrogens (primary N) is 1. The summed E-state index contributed by atoms with van der Waals surface area (Å²) in [4.78, 5) is 37.9. The molecule has 8 rings (SSSR count). The molecule has 48 heavy (non-hydrogen) atoms. The first kappa shape index (κ1) is 31.2. The van der Waals surface area contributed by atoms with Crippen molar-refractivity contribution in [1.29, 1.82) is 0 Å². The number of hydrogen-bond donors (Lipinski definition) is 2. The normalized spacial score (nSPS) is 29.9. The number of aromatic nitrogens is 4. The van der Waals surface area contributed by atoms with E-state index in [9.17, 15) is 9.59 Å².